The first kappa shape index (κ1) is 23.5. The number of nitrogens with zero attached hydrogens (tertiary/aromatic N) is 3. The lowest BCUT2D eigenvalue weighted by Crippen LogP contribution is -1.99. The van der Waals surface area contributed by atoms with Crippen LogP contribution in [-0.2, 0) is 0 Å². The van der Waals surface area contributed by atoms with Gasteiger partial charge in [0.1, 0.15) is 11.6 Å². The van der Waals surface area contributed by atoms with Crippen molar-refractivity contribution in [3.63, 3.8) is 0 Å². The largest absolute Gasteiger partial charge is 0.219 e. The van der Waals surface area contributed by atoms with Crippen molar-refractivity contribution in [2.75, 3.05) is 0 Å². The average molecular weight is 490 g/mol. The molecule has 1 heterocycles. The van der Waals surface area contributed by atoms with E-state index >= 15 is 0 Å². The lowest BCUT2D eigenvalue weighted by atomic mass is 9.93. The van der Waals surface area contributed by atoms with Crippen LogP contribution in [0.5, 0.6) is 0 Å². The molecule has 0 aliphatic carbocycles. The molecule has 0 aliphatic rings. The van der Waals surface area contributed by atoms with Gasteiger partial charge in [-0.15, -0.1) is 0 Å². The van der Waals surface area contributed by atoms with Gasteiger partial charge in [0.25, 0.3) is 0 Å². The van der Waals surface area contributed by atoms with Gasteiger partial charge in [-0.05, 0) is 76.6 Å². The molecule has 0 amide bonds. The van der Waals surface area contributed by atoms with Crippen LogP contribution in [-0.4, -0.2) is 15.0 Å². The standard InChI is InChI=1S/C35H27N3/c1-24-36-25(2)38-35(37-24)34-22-32(30-17-13-28(14-18-30)26-9-5-3-6-10-26)21-33(23-34)31-19-15-29(16-20-31)27-11-7-4-8-12-27/h3-23H,1-2H3. The molecule has 6 aromatic rings. The van der Waals surface area contributed by atoms with Gasteiger partial charge in [0.15, 0.2) is 5.82 Å². The Morgan fingerprint density at radius 2 is 0.632 bits per heavy atom. The van der Waals surface area contributed by atoms with E-state index in [1.54, 1.807) is 0 Å². The maximum atomic E-state index is 4.66. The van der Waals surface area contributed by atoms with Crippen molar-refractivity contribution in [2.45, 2.75) is 13.8 Å². The van der Waals surface area contributed by atoms with Crippen LogP contribution in [0.1, 0.15) is 11.6 Å². The molecule has 3 nitrogen and oxygen atoms in total. The highest BCUT2D eigenvalue weighted by molar-refractivity contribution is 5.81. The lowest BCUT2D eigenvalue weighted by Gasteiger charge is -2.12. The van der Waals surface area contributed by atoms with Gasteiger partial charge < -0.3 is 0 Å². The number of rotatable bonds is 5. The predicted molar refractivity (Wildman–Crippen MR) is 156 cm³/mol. The molecule has 1 aromatic heterocycles. The fourth-order valence-electron chi connectivity index (χ4n) is 4.81. The minimum atomic E-state index is 0.694. The molecule has 182 valence electrons. The quantitative estimate of drug-likeness (QED) is 0.243. The molecule has 0 spiro atoms. The van der Waals surface area contributed by atoms with Crippen LogP contribution in [0.2, 0.25) is 0 Å². The summed E-state index contributed by atoms with van der Waals surface area (Å²) in [6, 6.07) is 45.0. The van der Waals surface area contributed by atoms with Crippen molar-refractivity contribution in [1.29, 1.82) is 0 Å². The van der Waals surface area contributed by atoms with Crippen LogP contribution in [0.25, 0.3) is 55.9 Å². The van der Waals surface area contributed by atoms with Gasteiger partial charge in [-0.3, -0.25) is 0 Å². The van der Waals surface area contributed by atoms with E-state index in [2.05, 4.69) is 130 Å². The highest BCUT2D eigenvalue weighted by atomic mass is 15.0. The number of hydrogen-bond acceptors (Lipinski definition) is 3. The Morgan fingerprint density at radius 1 is 0.316 bits per heavy atom. The molecule has 0 radical (unpaired) electrons. The molecule has 0 fully saturated rings. The summed E-state index contributed by atoms with van der Waals surface area (Å²) in [6.07, 6.45) is 0. The molecule has 6 rings (SSSR count). The molecule has 0 bridgehead atoms. The SMILES string of the molecule is Cc1nc(C)nc(-c2cc(-c3ccc(-c4ccccc4)cc3)cc(-c3ccc(-c4ccccc4)cc3)c2)n1. The fraction of sp³-hybridized carbons (Fsp3) is 0.0571. The first-order valence-corrected chi connectivity index (χ1v) is 12.8. The highest BCUT2D eigenvalue weighted by Gasteiger charge is 2.11. The third-order valence-electron chi connectivity index (χ3n) is 6.70. The number of aryl methyl sites for hydroxylation is 2. The van der Waals surface area contributed by atoms with Gasteiger partial charge in [-0.2, -0.15) is 0 Å². The van der Waals surface area contributed by atoms with Gasteiger partial charge in [0, 0.05) is 5.56 Å². The van der Waals surface area contributed by atoms with E-state index in [0.29, 0.717) is 5.82 Å². The molecule has 0 atom stereocenters. The molecule has 0 saturated heterocycles. The second-order valence-corrected chi connectivity index (χ2v) is 9.44. The molecular weight excluding hydrogens is 462 g/mol. The van der Waals surface area contributed by atoms with Crippen LogP contribution in [0.15, 0.2) is 127 Å². The Morgan fingerprint density at radius 3 is 1.03 bits per heavy atom. The van der Waals surface area contributed by atoms with E-state index in [0.717, 1.165) is 39.5 Å². The Bertz CT molecular complexity index is 1570. The van der Waals surface area contributed by atoms with Crippen LogP contribution in [0.3, 0.4) is 0 Å². The highest BCUT2D eigenvalue weighted by Crippen LogP contribution is 2.34. The Balaban J connectivity index is 1.44. The van der Waals surface area contributed by atoms with Crippen molar-refractivity contribution in [1.82, 2.24) is 15.0 Å². The molecule has 3 heteroatoms. The molecule has 5 aromatic carbocycles. The topological polar surface area (TPSA) is 38.7 Å². The van der Waals surface area contributed by atoms with Crippen LogP contribution >= 0.6 is 0 Å². The van der Waals surface area contributed by atoms with Crippen LogP contribution in [0.4, 0.5) is 0 Å². The summed E-state index contributed by atoms with van der Waals surface area (Å²) in [4.78, 5) is 13.7. The van der Waals surface area contributed by atoms with Crippen LogP contribution < -0.4 is 0 Å². The second-order valence-electron chi connectivity index (χ2n) is 9.44. The summed E-state index contributed by atoms with van der Waals surface area (Å²) in [5.74, 6) is 2.14. The summed E-state index contributed by atoms with van der Waals surface area (Å²) >= 11 is 0. The average Bonchev–Trinajstić information content (AvgIpc) is 2.97. The van der Waals surface area contributed by atoms with E-state index in [-0.39, 0.29) is 0 Å². The molecule has 0 aliphatic heterocycles. The lowest BCUT2D eigenvalue weighted by molar-refractivity contribution is 0.928. The maximum absolute atomic E-state index is 4.66. The van der Waals surface area contributed by atoms with Gasteiger partial charge in [-0.1, -0.05) is 109 Å². The first-order valence-electron chi connectivity index (χ1n) is 12.8. The normalized spacial score (nSPS) is 10.9. The van der Waals surface area contributed by atoms with Gasteiger partial charge >= 0.3 is 0 Å². The van der Waals surface area contributed by atoms with Crippen molar-refractivity contribution in [3.05, 3.63) is 139 Å². The molecule has 0 unspecified atom stereocenters. The summed E-state index contributed by atoms with van der Waals surface area (Å²) in [6.45, 7) is 3.82. The Labute approximate surface area is 223 Å². The van der Waals surface area contributed by atoms with Crippen molar-refractivity contribution in [2.24, 2.45) is 0 Å². The Hall–Kier alpha value is -4.89. The second kappa shape index (κ2) is 10.2. The molecular formula is C35H27N3. The zero-order chi connectivity index (χ0) is 25.9. The van der Waals surface area contributed by atoms with Gasteiger partial charge in [0.05, 0.1) is 0 Å². The van der Waals surface area contributed by atoms with Gasteiger partial charge in [0.2, 0.25) is 0 Å². The summed E-state index contributed by atoms with van der Waals surface area (Å²) < 4.78 is 0. The number of hydrogen-bond donors (Lipinski definition) is 0. The predicted octanol–water partition coefficient (Wildman–Crippen LogP) is 8.82. The van der Waals surface area contributed by atoms with E-state index in [9.17, 15) is 0 Å². The van der Waals surface area contributed by atoms with E-state index in [1.165, 1.54) is 22.3 Å². The summed E-state index contributed by atoms with van der Waals surface area (Å²) in [7, 11) is 0. The van der Waals surface area contributed by atoms with E-state index in [4.69, 9.17) is 0 Å². The van der Waals surface area contributed by atoms with Crippen molar-refractivity contribution >= 4 is 0 Å². The third-order valence-corrected chi connectivity index (χ3v) is 6.70. The van der Waals surface area contributed by atoms with E-state index < -0.39 is 0 Å². The minimum Gasteiger partial charge on any atom is -0.219 e. The zero-order valence-corrected chi connectivity index (χ0v) is 21.5. The fourth-order valence-corrected chi connectivity index (χ4v) is 4.81. The first-order chi connectivity index (χ1) is 18.6. The minimum absolute atomic E-state index is 0.694. The monoisotopic (exact) mass is 489 g/mol. The van der Waals surface area contributed by atoms with E-state index in [1.807, 2.05) is 26.0 Å². The smallest absolute Gasteiger partial charge is 0.163 e. The maximum Gasteiger partial charge on any atom is 0.163 e. The van der Waals surface area contributed by atoms with Crippen molar-refractivity contribution < 1.29 is 0 Å². The summed E-state index contributed by atoms with van der Waals surface area (Å²) in [5, 5.41) is 0. The van der Waals surface area contributed by atoms with Crippen molar-refractivity contribution in [3.8, 4) is 55.9 Å². The Kier molecular flexibility index (Phi) is 6.33. The third kappa shape index (κ3) is 5.00. The zero-order valence-electron chi connectivity index (χ0n) is 21.5. The number of benzene rings is 5. The number of aromatic nitrogens is 3. The summed E-state index contributed by atoms with van der Waals surface area (Å²) in [5.41, 5.74) is 10.3. The van der Waals surface area contributed by atoms with Crippen LogP contribution in [0, 0.1) is 13.8 Å². The molecule has 0 saturated carbocycles. The molecule has 38 heavy (non-hydrogen) atoms. The van der Waals surface area contributed by atoms with Gasteiger partial charge in [-0.25, -0.2) is 15.0 Å². The molecule has 0 N–H and O–H groups in total.